The van der Waals surface area contributed by atoms with Crippen molar-refractivity contribution in [3.63, 3.8) is 0 Å². The molecule has 1 heterocycles. The highest BCUT2D eigenvalue weighted by Gasteiger charge is 2.40. The summed E-state index contributed by atoms with van der Waals surface area (Å²) in [5.74, 6) is 0.0441. The number of hydrogen-bond donors (Lipinski definition) is 0. The fraction of sp³-hybridized carbons (Fsp3) is 0.769. The maximum Gasteiger partial charge on any atom is 0.195 e. The minimum Gasteiger partial charge on any atom is -0.389 e. The summed E-state index contributed by atoms with van der Waals surface area (Å²) in [4.78, 5) is 11.5. The largest absolute Gasteiger partial charge is 0.389 e. The van der Waals surface area contributed by atoms with Crippen LogP contribution >= 0.6 is 0 Å². The van der Waals surface area contributed by atoms with Crippen molar-refractivity contribution in [2.75, 3.05) is 0 Å². The molecule has 2 unspecified atom stereocenters. The second kappa shape index (κ2) is 5.04. The first kappa shape index (κ1) is 14.6. The maximum absolute atomic E-state index is 11.5. The van der Waals surface area contributed by atoms with Crippen molar-refractivity contribution in [1.82, 2.24) is 0 Å². The number of hydrogen-bond acceptors (Lipinski definition) is 3. The molecule has 1 aliphatic heterocycles. The summed E-state index contributed by atoms with van der Waals surface area (Å²) < 4.78 is 11.8. The summed E-state index contributed by atoms with van der Waals surface area (Å²) in [7, 11) is -1.84. The van der Waals surface area contributed by atoms with Crippen LogP contribution in [0.5, 0.6) is 0 Å². The number of rotatable bonds is 3. The van der Waals surface area contributed by atoms with Crippen LogP contribution in [0, 0.1) is 0 Å². The topological polar surface area (TPSA) is 35.5 Å². The molecule has 0 aliphatic carbocycles. The van der Waals surface area contributed by atoms with E-state index >= 15 is 0 Å². The molecule has 1 aliphatic rings. The lowest BCUT2D eigenvalue weighted by molar-refractivity contribution is -0.145. The van der Waals surface area contributed by atoms with Gasteiger partial charge in [0.05, 0.1) is 0 Å². The highest BCUT2D eigenvalue weighted by atomic mass is 28.4. The van der Waals surface area contributed by atoms with E-state index in [0.29, 0.717) is 6.42 Å². The number of ether oxygens (including phenoxy) is 1. The van der Waals surface area contributed by atoms with Gasteiger partial charge in [0.15, 0.2) is 20.4 Å². The molecule has 0 amide bonds. The van der Waals surface area contributed by atoms with Crippen molar-refractivity contribution in [3.8, 4) is 0 Å². The van der Waals surface area contributed by atoms with E-state index in [-0.39, 0.29) is 23.2 Å². The van der Waals surface area contributed by atoms with Gasteiger partial charge in [-0.15, -0.1) is 0 Å². The Labute approximate surface area is 105 Å². The van der Waals surface area contributed by atoms with Gasteiger partial charge in [-0.05, 0) is 36.7 Å². The first-order chi connectivity index (χ1) is 7.67. The van der Waals surface area contributed by atoms with Crippen LogP contribution in [0.15, 0.2) is 12.2 Å². The average molecular weight is 256 g/mol. The lowest BCUT2D eigenvalue weighted by Gasteiger charge is -2.39. The third-order valence-corrected chi connectivity index (χ3v) is 8.06. The molecule has 0 aromatic carbocycles. The highest BCUT2D eigenvalue weighted by Crippen LogP contribution is 2.38. The van der Waals surface area contributed by atoms with Crippen LogP contribution in [0.1, 0.15) is 34.1 Å². The minimum absolute atomic E-state index is 0.0441. The molecule has 0 fully saturated rings. The van der Waals surface area contributed by atoms with E-state index in [1.165, 1.54) is 0 Å². The van der Waals surface area contributed by atoms with Gasteiger partial charge >= 0.3 is 0 Å². The Bertz CT molecular complexity index is 315. The van der Waals surface area contributed by atoms with Crippen molar-refractivity contribution in [2.45, 2.75) is 64.6 Å². The van der Waals surface area contributed by atoms with Crippen molar-refractivity contribution in [1.29, 1.82) is 0 Å². The standard InChI is InChI=1S/C13H24O3Si/c1-7-11-10(14)8-9-12(15-11)16-17(5,6)13(2,3)4/h8-9,11-12H,7H2,1-6H3. The van der Waals surface area contributed by atoms with Gasteiger partial charge in [0.25, 0.3) is 0 Å². The van der Waals surface area contributed by atoms with Gasteiger partial charge < -0.3 is 9.16 Å². The monoisotopic (exact) mass is 256 g/mol. The van der Waals surface area contributed by atoms with E-state index in [2.05, 4.69) is 33.9 Å². The Morgan fingerprint density at radius 3 is 2.47 bits per heavy atom. The summed E-state index contributed by atoms with van der Waals surface area (Å²) in [6.45, 7) is 12.9. The number of carbonyl (C=O) groups is 1. The van der Waals surface area contributed by atoms with Gasteiger partial charge in [-0.2, -0.15) is 0 Å². The third kappa shape index (κ3) is 3.50. The summed E-state index contributed by atoms with van der Waals surface area (Å²) in [6.07, 6.45) is 3.32. The molecule has 0 saturated heterocycles. The predicted molar refractivity (Wildman–Crippen MR) is 71.4 cm³/mol. The molecule has 0 radical (unpaired) electrons. The van der Waals surface area contributed by atoms with Crippen LogP contribution in [-0.4, -0.2) is 26.5 Å². The van der Waals surface area contributed by atoms with Crippen molar-refractivity contribution < 1.29 is 14.0 Å². The second-order valence-electron chi connectivity index (χ2n) is 6.04. The summed E-state index contributed by atoms with van der Waals surface area (Å²) in [5.41, 5.74) is 0. The minimum atomic E-state index is -1.84. The molecule has 1 rings (SSSR count). The van der Waals surface area contributed by atoms with Crippen molar-refractivity contribution in [2.24, 2.45) is 0 Å². The van der Waals surface area contributed by atoms with Crippen molar-refractivity contribution in [3.05, 3.63) is 12.2 Å². The molecule has 17 heavy (non-hydrogen) atoms. The average Bonchev–Trinajstić information content (AvgIpc) is 2.19. The molecule has 0 aromatic heterocycles. The van der Waals surface area contributed by atoms with E-state index in [1.54, 1.807) is 12.2 Å². The van der Waals surface area contributed by atoms with Crippen LogP contribution in [0.3, 0.4) is 0 Å². The Kier molecular flexibility index (Phi) is 4.33. The molecule has 0 saturated carbocycles. The van der Waals surface area contributed by atoms with E-state index in [1.807, 2.05) is 6.92 Å². The molecular weight excluding hydrogens is 232 g/mol. The summed E-state index contributed by atoms with van der Waals surface area (Å²) >= 11 is 0. The molecule has 0 spiro atoms. The quantitative estimate of drug-likeness (QED) is 0.727. The summed E-state index contributed by atoms with van der Waals surface area (Å²) in [6, 6.07) is 0. The molecular formula is C13H24O3Si. The zero-order valence-electron chi connectivity index (χ0n) is 11.7. The first-order valence-corrected chi connectivity index (χ1v) is 9.13. The van der Waals surface area contributed by atoms with Gasteiger partial charge in [-0.3, -0.25) is 4.79 Å². The Hall–Kier alpha value is -0.453. The molecule has 0 N–H and O–H groups in total. The van der Waals surface area contributed by atoms with Crippen LogP contribution in [0.4, 0.5) is 0 Å². The Balaban J connectivity index is 2.71. The molecule has 4 heteroatoms. The SMILES string of the molecule is CCC1OC(O[Si](C)(C)C(C)(C)C)C=CC1=O. The third-order valence-electron chi connectivity index (χ3n) is 3.62. The van der Waals surface area contributed by atoms with Crippen LogP contribution in [0.2, 0.25) is 18.1 Å². The Morgan fingerprint density at radius 2 is 2.00 bits per heavy atom. The van der Waals surface area contributed by atoms with Gasteiger partial charge in [0, 0.05) is 0 Å². The lowest BCUT2D eigenvalue weighted by atomic mass is 10.1. The lowest BCUT2D eigenvalue weighted by Crippen LogP contribution is -2.46. The van der Waals surface area contributed by atoms with Crippen LogP contribution < -0.4 is 0 Å². The van der Waals surface area contributed by atoms with E-state index < -0.39 is 8.32 Å². The number of carbonyl (C=O) groups excluding carboxylic acids is 1. The molecule has 0 bridgehead atoms. The fourth-order valence-corrected chi connectivity index (χ4v) is 2.46. The smallest absolute Gasteiger partial charge is 0.195 e. The molecule has 3 nitrogen and oxygen atoms in total. The van der Waals surface area contributed by atoms with Crippen LogP contribution in [-0.2, 0) is 14.0 Å². The van der Waals surface area contributed by atoms with Gasteiger partial charge in [-0.1, -0.05) is 27.7 Å². The van der Waals surface area contributed by atoms with Gasteiger partial charge in [0.1, 0.15) is 6.10 Å². The molecule has 98 valence electrons. The maximum atomic E-state index is 11.5. The highest BCUT2D eigenvalue weighted by molar-refractivity contribution is 6.74. The summed E-state index contributed by atoms with van der Waals surface area (Å²) in [5, 5.41) is 0.146. The van der Waals surface area contributed by atoms with E-state index in [9.17, 15) is 4.79 Å². The first-order valence-electron chi connectivity index (χ1n) is 6.22. The second-order valence-corrected chi connectivity index (χ2v) is 10.8. The van der Waals surface area contributed by atoms with E-state index in [4.69, 9.17) is 9.16 Å². The van der Waals surface area contributed by atoms with E-state index in [0.717, 1.165) is 0 Å². The van der Waals surface area contributed by atoms with Gasteiger partial charge in [0.2, 0.25) is 0 Å². The molecule has 0 aromatic rings. The van der Waals surface area contributed by atoms with Gasteiger partial charge in [-0.25, -0.2) is 0 Å². The fourth-order valence-electron chi connectivity index (χ4n) is 1.39. The zero-order valence-corrected chi connectivity index (χ0v) is 12.7. The Morgan fingerprint density at radius 1 is 1.41 bits per heavy atom. The van der Waals surface area contributed by atoms with Crippen molar-refractivity contribution >= 4 is 14.1 Å². The predicted octanol–water partition coefficient (Wildman–Crippen LogP) is 3.27. The number of ketones is 1. The van der Waals surface area contributed by atoms with Crippen LogP contribution in [0.25, 0.3) is 0 Å². The zero-order chi connectivity index (χ0) is 13.3. The normalized spacial score (nSPS) is 26.4. The molecule has 2 atom stereocenters.